The molecule has 88 valence electrons. The van der Waals surface area contributed by atoms with Crippen LogP contribution in [0.2, 0.25) is 0 Å². The summed E-state index contributed by atoms with van der Waals surface area (Å²) >= 11 is 0. The summed E-state index contributed by atoms with van der Waals surface area (Å²) in [7, 11) is -3.13. The molecule has 5 nitrogen and oxygen atoms in total. The Labute approximate surface area is 89.6 Å². The molecule has 1 saturated heterocycles. The van der Waals surface area contributed by atoms with Crippen molar-refractivity contribution < 1.29 is 23.1 Å². The van der Waals surface area contributed by atoms with E-state index in [0.29, 0.717) is 26.2 Å². The smallest absolute Gasteiger partial charge is 0.334 e. The zero-order chi connectivity index (χ0) is 11.3. The van der Waals surface area contributed by atoms with Crippen molar-refractivity contribution in [2.24, 2.45) is 0 Å². The van der Waals surface area contributed by atoms with E-state index in [9.17, 15) is 9.36 Å². The largest absolute Gasteiger partial charge is 0.466 e. The average Bonchev–Trinajstić information content (AvgIpc) is 2.18. The maximum Gasteiger partial charge on any atom is 0.334 e. The molecule has 15 heavy (non-hydrogen) atoms. The molecule has 1 heterocycles. The van der Waals surface area contributed by atoms with Crippen molar-refractivity contribution >= 4 is 13.6 Å². The summed E-state index contributed by atoms with van der Waals surface area (Å²) in [6.45, 7) is 4.46. The first-order valence-corrected chi connectivity index (χ1v) is 6.78. The number of hydrogen-bond acceptors (Lipinski definition) is 5. The van der Waals surface area contributed by atoms with Crippen molar-refractivity contribution in [1.82, 2.24) is 0 Å². The van der Waals surface area contributed by atoms with Gasteiger partial charge < -0.3 is 13.8 Å². The van der Waals surface area contributed by atoms with E-state index in [1.54, 1.807) is 13.8 Å². The van der Waals surface area contributed by atoms with E-state index in [0.717, 1.165) is 0 Å². The molecular formula is C9H17O5P. The van der Waals surface area contributed by atoms with Gasteiger partial charge in [-0.3, -0.25) is 9.36 Å². The first-order valence-electron chi connectivity index (χ1n) is 5.16. The molecule has 1 rings (SSSR count). The molecule has 1 fully saturated rings. The molecule has 0 aromatic carbocycles. The van der Waals surface area contributed by atoms with Gasteiger partial charge in [-0.1, -0.05) is 0 Å². The molecule has 1 aliphatic heterocycles. The summed E-state index contributed by atoms with van der Waals surface area (Å²) in [5.41, 5.74) is -0.348. The van der Waals surface area contributed by atoms with Crippen molar-refractivity contribution in [3.8, 4) is 0 Å². The minimum absolute atomic E-state index is 0.122. The van der Waals surface area contributed by atoms with Crippen LogP contribution in [0.3, 0.4) is 0 Å². The number of cyclic esters (lactones) is 1. The van der Waals surface area contributed by atoms with E-state index in [-0.39, 0.29) is 18.0 Å². The van der Waals surface area contributed by atoms with E-state index in [1.165, 1.54) is 0 Å². The van der Waals surface area contributed by atoms with Crippen molar-refractivity contribution in [2.45, 2.75) is 32.3 Å². The van der Waals surface area contributed by atoms with Gasteiger partial charge in [0.1, 0.15) is 0 Å². The van der Waals surface area contributed by atoms with E-state index in [4.69, 9.17) is 13.8 Å². The normalized spacial score (nSPS) is 22.5. The van der Waals surface area contributed by atoms with Gasteiger partial charge in [0, 0.05) is 0 Å². The lowest BCUT2D eigenvalue weighted by molar-refractivity contribution is -0.146. The molecule has 0 saturated carbocycles. The van der Waals surface area contributed by atoms with Gasteiger partial charge in [0.15, 0.2) is 0 Å². The lowest BCUT2D eigenvalue weighted by Crippen LogP contribution is -2.26. The summed E-state index contributed by atoms with van der Waals surface area (Å²) in [6.07, 6.45) is 0.667. The van der Waals surface area contributed by atoms with Crippen molar-refractivity contribution in [1.29, 1.82) is 0 Å². The zero-order valence-electron chi connectivity index (χ0n) is 9.10. The Hall–Kier alpha value is -0.380. The summed E-state index contributed by atoms with van der Waals surface area (Å²) in [4.78, 5) is 11.1. The van der Waals surface area contributed by atoms with Crippen molar-refractivity contribution in [3.05, 3.63) is 0 Å². The number of carbonyl (C=O) groups excluding carboxylic acids is 1. The standard InChI is InChI=1S/C9H17O5P/c1-3-13-15(11,14-4-2)8-5-6-12-9(10)7-8/h8H,3-7H2,1-2H3. The highest BCUT2D eigenvalue weighted by molar-refractivity contribution is 7.54. The number of carbonyl (C=O) groups is 1. The average molecular weight is 236 g/mol. The molecule has 0 aromatic rings. The third-order valence-corrected chi connectivity index (χ3v) is 4.75. The second-order valence-corrected chi connectivity index (χ2v) is 5.57. The maximum absolute atomic E-state index is 12.3. The van der Waals surface area contributed by atoms with Gasteiger partial charge in [0.2, 0.25) is 0 Å². The molecule has 0 amide bonds. The number of rotatable bonds is 5. The quantitative estimate of drug-likeness (QED) is 0.539. The molecule has 0 bridgehead atoms. The van der Waals surface area contributed by atoms with Gasteiger partial charge in [-0.2, -0.15) is 0 Å². The van der Waals surface area contributed by atoms with Gasteiger partial charge in [0.05, 0.1) is 31.9 Å². The molecule has 0 aromatic heterocycles. The summed E-state index contributed by atoms with van der Waals surface area (Å²) in [5, 5.41) is 0. The van der Waals surface area contributed by atoms with Crippen LogP contribution in [-0.4, -0.2) is 31.4 Å². The van der Waals surface area contributed by atoms with E-state index < -0.39 is 7.60 Å². The second-order valence-electron chi connectivity index (χ2n) is 3.24. The molecule has 0 N–H and O–H groups in total. The van der Waals surface area contributed by atoms with Crippen LogP contribution in [0.25, 0.3) is 0 Å². The minimum Gasteiger partial charge on any atom is -0.466 e. The van der Waals surface area contributed by atoms with Crippen LogP contribution < -0.4 is 0 Å². The third-order valence-electron chi connectivity index (χ3n) is 2.18. The highest BCUT2D eigenvalue weighted by Gasteiger charge is 2.39. The van der Waals surface area contributed by atoms with Gasteiger partial charge in [-0.05, 0) is 20.3 Å². The first kappa shape index (κ1) is 12.7. The summed E-state index contributed by atoms with van der Waals surface area (Å²) in [5.74, 6) is -0.328. The molecule has 6 heteroatoms. The third kappa shape index (κ3) is 3.30. The van der Waals surface area contributed by atoms with E-state index in [2.05, 4.69) is 0 Å². The summed E-state index contributed by atoms with van der Waals surface area (Å²) < 4.78 is 27.4. The maximum atomic E-state index is 12.3. The van der Waals surface area contributed by atoms with Crippen LogP contribution in [0, 0.1) is 0 Å². The fourth-order valence-electron chi connectivity index (χ4n) is 1.54. The molecule has 0 aliphatic carbocycles. The number of ether oxygens (including phenoxy) is 1. The molecular weight excluding hydrogens is 219 g/mol. The monoisotopic (exact) mass is 236 g/mol. The van der Waals surface area contributed by atoms with Crippen LogP contribution in [-0.2, 0) is 23.1 Å². The number of esters is 1. The Morgan fingerprint density at radius 1 is 1.40 bits per heavy atom. The lowest BCUT2D eigenvalue weighted by atomic mass is 10.2. The second kappa shape index (κ2) is 5.64. The van der Waals surface area contributed by atoms with Gasteiger partial charge in [-0.25, -0.2) is 0 Å². The van der Waals surface area contributed by atoms with Crippen LogP contribution in [0.1, 0.15) is 26.7 Å². The Bertz CT molecular complexity index is 255. The predicted molar refractivity (Wildman–Crippen MR) is 54.8 cm³/mol. The minimum atomic E-state index is -3.13. The Morgan fingerprint density at radius 3 is 2.47 bits per heavy atom. The fraction of sp³-hybridized carbons (Fsp3) is 0.889. The van der Waals surface area contributed by atoms with Gasteiger partial charge in [-0.15, -0.1) is 0 Å². The van der Waals surface area contributed by atoms with Gasteiger partial charge in [0.25, 0.3) is 0 Å². The fourth-order valence-corrected chi connectivity index (χ4v) is 3.55. The van der Waals surface area contributed by atoms with Crippen molar-refractivity contribution in [2.75, 3.05) is 19.8 Å². The Morgan fingerprint density at radius 2 is 2.00 bits per heavy atom. The lowest BCUT2D eigenvalue weighted by Gasteiger charge is -2.28. The predicted octanol–water partition coefficient (Wildman–Crippen LogP) is 1.96. The van der Waals surface area contributed by atoms with Crippen molar-refractivity contribution in [3.63, 3.8) is 0 Å². The Balaban J connectivity index is 2.69. The first-order chi connectivity index (χ1) is 7.12. The van der Waals surface area contributed by atoms with E-state index in [1.807, 2.05) is 0 Å². The molecule has 0 radical (unpaired) electrons. The molecule has 1 aliphatic rings. The SMILES string of the molecule is CCOP(=O)(OCC)C1CCOC(=O)C1. The molecule has 1 atom stereocenters. The Kier molecular flexibility index (Phi) is 4.77. The van der Waals surface area contributed by atoms with Crippen LogP contribution >= 0.6 is 7.60 Å². The van der Waals surface area contributed by atoms with Crippen LogP contribution in [0.15, 0.2) is 0 Å². The summed E-state index contributed by atoms with van der Waals surface area (Å²) in [6, 6.07) is 0. The highest BCUT2D eigenvalue weighted by atomic mass is 31.2. The van der Waals surface area contributed by atoms with E-state index >= 15 is 0 Å². The molecule has 1 unspecified atom stereocenters. The van der Waals surface area contributed by atoms with Crippen LogP contribution in [0.4, 0.5) is 0 Å². The number of hydrogen-bond donors (Lipinski definition) is 0. The topological polar surface area (TPSA) is 61.8 Å². The van der Waals surface area contributed by atoms with Gasteiger partial charge >= 0.3 is 13.6 Å². The molecule has 0 spiro atoms. The zero-order valence-corrected chi connectivity index (χ0v) is 10.00. The highest BCUT2D eigenvalue weighted by Crippen LogP contribution is 2.56. The van der Waals surface area contributed by atoms with Crippen LogP contribution in [0.5, 0.6) is 0 Å².